The smallest absolute Gasteiger partial charge is 0.495 e. The van der Waals surface area contributed by atoms with Gasteiger partial charge in [-0.25, -0.2) is 8.42 Å². The number of hydrogen-bond acceptors (Lipinski definition) is 5. The number of nitrogens with one attached hydrogen (secondary N) is 1. The van der Waals surface area contributed by atoms with E-state index in [1.165, 1.54) is 26.4 Å². The Kier molecular flexibility index (Phi) is 5.91. The summed E-state index contributed by atoms with van der Waals surface area (Å²) >= 11 is 5.96. The third-order valence-corrected chi connectivity index (χ3v) is 5.25. The van der Waals surface area contributed by atoms with E-state index in [4.69, 9.17) is 21.1 Å². The Morgan fingerprint density at radius 2 is 1.59 bits per heavy atom. The Morgan fingerprint density at radius 3 is 2.07 bits per heavy atom. The largest absolute Gasteiger partial charge is 0.501 e. The van der Waals surface area contributed by atoms with Gasteiger partial charge in [0.2, 0.25) is 0 Å². The number of anilines is 1. The van der Waals surface area contributed by atoms with Gasteiger partial charge >= 0.3 is 5.51 Å². The second-order valence-electron chi connectivity index (χ2n) is 5.11. The Labute approximate surface area is 157 Å². The van der Waals surface area contributed by atoms with Crippen LogP contribution in [0.3, 0.4) is 0 Å². The molecule has 0 spiro atoms. The molecule has 0 aliphatic carbocycles. The molecule has 6 nitrogen and oxygen atoms in total. The van der Waals surface area contributed by atoms with Crippen molar-refractivity contribution < 1.29 is 35.9 Å². The molecular weight excluding hydrogens is 411 g/mol. The molecule has 0 atom stereocenters. The monoisotopic (exact) mass is 423 g/mol. The lowest BCUT2D eigenvalue weighted by Gasteiger charge is -2.13. The summed E-state index contributed by atoms with van der Waals surface area (Å²) in [4.78, 5) is 11.4. The van der Waals surface area contributed by atoms with Crippen molar-refractivity contribution in [3.05, 3.63) is 47.0 Å². The number of ether oxygens (including phenoxy) is 2. The lowest BCUT2D eigenvalue weighted by molar-refractivity contribution is -0.0436. The van der Waals surface area contributed by atoms with Crippen LogP contribution in [0.25, 0.3) is 0 Å². The topological polar surface area (TPSA) is 81.7 Å². The van der Waals surface area contributed by atoms with Crippen molar-refractivity contribution in [3.63, 3.8) is 0 Å². The van der Waals surface area contributed by atoms with Gasteiger partial charge in [0.05, 0.1) is 29.8 Å². The zero-order valence-corrected chi connectivity index (χ0v) is 15.5. The second kappa shape index (κ2) is 7.65. The van der Waals surface area contributed by atoms with Crippen molar-refractivity contribution in [1.29, 1.82) is 0 Å². The Morgan fingerprint density at radius 1 is 1.04 bits per heavy atom. The van der Waals surface area contributed by atoms with Gasteiger partial charge in [-0.05, 0) is 24.3 Å². The fourth-order valence-corrected chi connectivity index (χ4v) is 3.06. The highest BCUT2D eigenvalue weighted by Gasteiger charge is 2.46. The van der Waals surface area contributed by atoms with Gasteiger partial charge in [0.25, 0.3) is 15.7 Å². The maximum atomic E-state index is 12.5. The number of rotatable bonds is 5. The van der Waals surface area contributed by atoms with Crippen molar-refractivity contribution in [1.82, 2.24) is 0 Å². The number of methoxy groups -OCH3 is 2. The Bertz CT molecular complexity index is 959. The van der Waals surface area contributed by atoms with E-state index >= 15 is 0 Å². The first-order valence-electron chi connectivity index (χ1n) is 7.15. The van der Waals surface area contributed by atoms with E-state index in [1.54, 1.807) is 0 Å². The molecule has 2 aromatic carbocycles. The van der Waals surface area contributed by atoms with Gasteiger partial charge in [0, 0.05) is 17.7 Å². The minimum absolute atomic E-state index is 0.0629. The molecule has 27 heavy (non-hydrogen) atoms. The fourth-order valence-electron chi connectivity index (χ4n) is 2.07. The molecule has 2 aromatic rings. The van der Waals surface area contributed by atoms with Crippen LogP contribution >= 0.6 is 11.6 Å². The van der Waals surface area contributed by atoms with E-state index in [0.717, 1.165) is 12.1 Å². The highest BCUT2D eigenvalue weighted by molar-refractivity contribution is 7.92. The third-order valence-electron chi connectivity index (χ3n) is 3.45. The summed E-state index contributed by atoms with van der Waals surface area (Å²) in [6, 6.07) is 6.16. The summed E-state index contributed by atoms with van der Waals surface area (Å²) in [6.45, 7) is 0. The van der Waals surface area contributed by atoms with Crippen LogP contribution in [0, 0.1) is 0 Å². The lowest BCUT2D eigenvalue weighted by atomic mass is 10.2. The molecule has 0 aliphatic heterocycles. The molecular formula is C16H13ClF3NO5S. The number of hydrogen-bond donors (Lipinski definition) is 1. The van der Waals surface area contributed by atoms with Crippen LogP contribution in [0.2, 0.25) is 5.02 Å². The van der Waals surface area contributed by atoms with E-state index < -0.39 is 26.1 Å². The molecule has 0 aliphatic rings. The molecule has 0 radical (unpaired) electrons. The molecule has 0 heterocycles. The van der Waals surface area contributed by atoms with E-state index in [2.05, 4.69) is 5.32 Å². The van der Waals surface area contributed by atoms with Gasteiger partial charge in [0.15, 0.2) is 0 Å². The summed E-state index contributed by atoms with van der Waals surface area (Å²) in [7, 11) is -2.76. The fraction of sp³-hybridized carbons (Fsp3) is 0.188. The normalized spacial score (nSPS) is 11.8. The van der Waals surface area contributed by atoms with E-state index in [9.17, 15) is 26.4 Å². The molecule has 2 rings (SSSR count). The first-order valence-corrected chi connectivity index (χ1v) is 9.01. The van der Waals surface area contributed by atoms with Gasteiger partial charge in [-0.15, -0.1) is 0 Å². The van der Waals surface area contributed by atoms with Gasteiger partial charge in [0.1, 0.15) is 11.5 Å². The molecule has 1 amide bonds. The highest BCUT2D eigenvalue weighted by atomic mass is 35.5. The maximum Gasteiger partial charge on any atom is 0.501 e. The average Bonchev–Trinajstić information content (AvgIpc) is 2.61. The number of amides is 1. The van der Waals surface area contributed by atoms with Crippen molar-refractivity contribution in [2.24, 2.45) is 0 Å². The van der Waals surface area contributed by atoms with Crippen LogP contribution in [0.5, 0.6) is 11.5 Å². The minimum atomic E-state index is -5.49. The lowest BCUT2D eigenvalue weighted by Crippen LogP contribution is -2.23. The molecule has 0 saturated heterocycles. The number of carbonyl (C=O) groups is 1. The highest BCUT2D eigenvalue weighted by Crippen LogP contribution is 2.36. The van der Waals surface area contributed by atoms with Crippen LogP contribution in [-0.4, -0.2) is 34.1 Å². The summed E-state index contributed by atoms with van der Waals surface area (Å²) in [6.07, 6.45) is 0. The van der Waals surface area contributed by atoms with Gasteiger partial charge in [-0.1, -0.05) is 11.6 Å². The van der Waals surface area contributed by atoms with E-state index in [0.29, 0.717) is 12.1 Å². The van der Waals surface area contributed by atoms with Crippen LogP contribution in [0.15, 0.2) is 41.3 Å². The van der Waals surface area contributed by atoms with Crippen LogP contribution in [-0.2, 0) is 9.84 Å². The number of sulfone groups is 1. The van der Waals surface area contributed by atoms with Gasteiger partial charge in [-0.2, -0.15) is 13.2 Å². The molecule has 0 aromatic heterocycles. The average molecular weight is 424 g/mol. The summed E-state index contributed by atoms with van der Waals surface area (Å²) < 4.78 is 70.5. The van der Waals surface area contributed by atoms with E-state index in [-0.39, 0.29) is 27.8 Å². The van der Waals surface area contributed by atoms with Gasteiger partial charge < -0.3 is 14.8 Å². The van der Waals surface area contributed by atoms with Crippen LogP contribution < -0.4 is 14.8 Å². The predicted octanol–water partition coefficient (Wildman–Crippen LogP) is 3.90. The third kappa shape index (κ3) is 4.28. The van der Waals surface area contributed by atoms with Crippen LogP contribution in [0.4, 0.5) is 18.9 Å². The van der Waals surface area contributed by atoms with Crippen molar-refractivity contribution in [3.8, 4) is 11.5 Å². The van der Waals surface area contributed by atoms with E-state index in [1.807, 2.05) is 0 Å². The Balaban J connectivity index is 2.30. The summed E-state index contributed by atoms with van der Waals surface area (Å²) in [5, 5.41) is 2.74. The maximum absolute atomic E-state index is 12.5. The number of halogens is 4. The summed E-state index contributed by atoms with van der Waals surface area (Å²) in [5.74, 6) is -0.210. The standard InChI is InChI=1S/C16H13ClF3NO5S/c1-25-13-8-12(14(26-2)7-11(13)17)21-15(22)9-3-5-10(6-4-9)27(23,24)16(18,19)20/h3-8H,1-2H3,(H,21,22). The first-order chi connectivity index (χ1) is 12.5. The van der Waals surface area contributed by atoms with Crippen molar-refractivity contribution >= 4 is 33.0 Å². The van der Waals surface area contributed by atoms with Crippen molar-refractivity contribution in [2.75, 3.05) is 19.5 Å². The first kappa shape index (κ1) is 20.8. The molecule has 11 heteroatoms. The zero-order chi connectivity index (χ0) is 20.4. The summed E-state index contributed by atoms with van der Waals surface area (Å²) in [5.41, 5.74) is -5.29. The predicted molar refractivity (Wildman–Crippen MR) is 92.2 cm³/mol. The molecule has 0 bridgehead atoms. The minimum Gasteiger partial charge on any atom is -0.495 e. The van der Waals surface area contributed by atoms with Crippen molar-refractivity contribution in [2.45, 2.75) is 10.4 Å². The number of benzene rings is 2. The number of carbonyl (C=O) groups excluding carboxylic acids is 1. The Hall–Kier alpha value is -2.46. The molecule has 0 unspecified atom stereocenters. The SMILES string of the molecule is COc1cc(NC(=O)c2ccc(S(=O)(=O)C(F)(F)F)cc2)c(OC)cc1Cl. The quantitative estimate of drug-likeness (QED) is 0.788. The molecule has 1 N–H and O–H groups in total. The second-order valence-corrected chi connectivity index (χ2v) is 7.46. The zero-order valence-electron chi connectivity index (χ0n) is 13.9. The molecule has 0 saturated carbocycles. The van der Waals surface area contributed by atoms with Gasteiger partial charge in [-0.3, -0.25) is 4.79 Å². The number of alkyl halides is 3. The van der Waals surface area contributed by atoms with Crippen LogP contribution in [0.1, 0.15) is 10.4 Å². The molecule has 146 valence electrons. The molecule has 0 fully saturated rings.